The number of hydrogen-bond acceptors (Lipinski definition) is 6. The molecule has 2 amide bonds. The van der Waals surface area contributed by atoms with E-state index < -0.39 is 23.3 Å². The van der Waals surface area contributed by atoms with Crippen molar-refractivity contribution in [2.24, 2.45) is 5.73 Å². The van der Waals surface area contributed by atoms with Crippen molar-refractivity contribution in [3.63, 3.8) is 0 Å². The van der Waals surface area contributed by atoms with Crippen molar-refractivity contribution in [3.8, 4) is 5.75 Å². The Bertz CT molecular complexity index is 912. The summed E-state index contributed by atoms with van der Waals surface area (Å²) in [6, 6.07) is 3.89. The van der Waals surface area contributed by atoms with Crippen LogP contribution in [0.15, 0.2) is 18.2 Å². The zero-order valence-electron chi connectivity index (χ0n) is 13.4. The minimum atomic E-state index is -0.645. The fraction of sp³-hybridized carbons (Fsp3) is 0.250. The third-order valence-corrected chi connectivity index (χ3v) is 5.34. The second-order valence-electron chi connectivity index (χ2n) is 5.63. The molecule has 1 aliphatic rings. The summed E-state index contributed by atoms with van der Waals surface area (Å²) < 4.78 is 5.24. The number of carbonyl (C=O) groups excluding carboxylic acids is 2. The number of halogens is 1. The van der Waals surface area contributed by atoms with E-state index in [-0.39, 0.29) is 16.5 Å². The first kappa shape index (κ1) is 18.2. The standard InChI is InChI=1S/C16H14ClN3O5S/c17-8-4-5-11(10(6-8)20(23)24)25-7-13(21)19-16-14(15(18)22)9-2-1-3-12(9)26-16/h4-6H,1-3,7H2,(H2,18,22)(H,19,21). The number of amides is 2. The van der Waals surface area contributed by atoms with Gasteiger partial charge in [-0.25, -0.2) is 0 Å². The highest BCUT2D eigenvalue weighted by atomic mass is 35.5. The lowest BCUT2D eigenvalue weighted by Crippen LogP contribution is -2.22. The van der Waals surface area contributed by atoms with E-state index in [1.807, 2.05) is 0 Å². The molecule has 0 spiro atoms. The number of ether oxygens (including phenoxy) is 1. The molecule has 2 aromatic rings. The van der Waals surface area contributed by atoms with E-state index >= 15 is 0 Å². The maximum Gasteiger partial charge on any atom is 0.312 e. The third-order valence-electron chi connectivity index (χ3n) is 3.90. The van der Waals surface area contributed by atoms with Crippen molar-refractivity contribution < 1.29 is 19.2 Å². The number of hydrogen-bond donors (Lipinski definition) is 2. The van der Waals surface area contributed by atoms with Crippen molar-refractivity contribution in [1.29, 1.82) is 0 Å². The van der Waals surface area contributed by atoms with Crippen LogP contribution in [0, 0.1) is 10.1 Å². The average Bonchev–Trinajstić information content (AvgIpc) is 3.13. The number of benzene rings is 1. The number of nitrogens with zero attached hydrogens (tertiary/aromatic N) is 1. The van der Waals surface area contributed by atoms with Crippen molar-refractivity contribution in [2.75, 3.05) is 11.9 Å². The lowest BCUT2D eigenvalue weighted by molar-refractivity contribution is -0.385. The van der Waals surface area contributed by atoms with Gasteiger partial charge in [0, 0.05) is 16.0 Å². The van der Waals surface area contributed by atoms with Crippen LogP contribution in [0.5, 0.6) is 5.75 Å². The minimum absolute atomic E-state index is 0.0710. The quantitative estimate of drug-likeness (QED) is 0.574. The number of nitrogens with one attached hydrogen (secondary N) is 1. The molecule has 0 saturated heterocycles. The predicted molar refractivity (Wildman–Crippen MR) is 97.1 cm³/mol. The van der Waals surface area contributed by atoms with Gasteiger partial charge in [0.25, 0.3) is 11.8 Å². The van der Waals surface area contributed by atoms with Crippen LogP contribution in [0.3, 0.4) is 0 Å². The number of thiophene rings is 1. The highest BCUT2D eigenvalue weighted by Gasteiger charge is 2.26. The fourth-order valence-corrected chi connectivity index (χ4v) is 4.29. The van der Waals surface area contributed by atoms with Gasteiger partial charge in [-0.15, -0.1) is 11.3 Å². The molecule has 0 unspecified atom stereocenters. The lowest BCUT2D eigenvalue weighted by Gasteiger charge is -2.08. The van der Waals surface area contributed by atoms with Gasteiger partial charge in [0.1, 0.15) is 5.00 Å². The molecular weight excluding hydrogens is 382 g/mol. The van der Waals surface area contributed by atoms with Crippen LogP contribution < -0.4 is 15.8 Å². The van der Waals surface area contributed by atoms with E-state index in [0.29, 0.717) is 10.6 Å². The van der Waals surface area contributed by atoms with Gasteiger partial charge in [-0.3, -0.25) is 19.7 Å². The molecule has 1 heterocycles. The highest BCUT2D eigenvalue weighted by Crippen LogP contribution is 2.38. The van der Waals surface area contributed by atoms with Crippen molar-refractivity contribution in [1.82, 2.24) is 0 Å². The summed E-state index contributed by atoms with van der Waals surface area (Å²) in [4.78, 5) is 35.3. The van der Waals surface area contributed by atoms with Crippen LogP contribution in [0.1, 0.15) is 27.2 Å². The maximum absolute atomic E-state index is 12.2. The number of carbonyl (C=O) groups is 2. The van der Waals surface area contributed by atoms with Crippen LogP contribution in [0.4, 0.5) is 10.7 Å². The average molecular weight is 396 g/mol. The molecule has 3 N–H and O–H groups in total. The van der Waals surface area contributed by atoms with Gasteiger partial charge in [-0.2, -0.15) is 0 Å². The number of primary amides is 1. The fourth-order valence-electron chi connectivity index (χ4n) is 2.81. The molecule has 1 aliphatic carbocycles. The van der Waals surface area contributed by atoms with Crippen LogP contribution in [0.25, 0.3) is 0 Å². The Balaban J connectivity index is 1.71. The largest absolute Gasteiger partial charge is 0.477 e. The third kappa shape index (κ3) is 3.63. The Morgan fingerprint density at radius 3 is 2.85 bits per heavy atom. The summed E-state index contributed by atoms with van der Waals surface area (Å²) in [5.41, 5.74) is 6.34. The van der Waals surface area contributed by atoms with Gasteiger partial charge in [0.15, 0.2) is 12.4 Å². The van der Waals surface area contributed by atoms with Gasteiger partial charge in [-0.05, 0) is 37.0 Å². The van der Waals surface area contributed by atoms with Gasteiger partial charge >= 0.3 is 5.69 Å². The molecule has 26 heavy (non-hydrogen) atoms. The molecule has 1 aromatic carbocycles. The lowest BCUT2D eigenvalue weighted by atomic mass is 10.1. The molecule has 136 valence electrons. The van der Waals surface area contributed by atoms with Gasteiger partial charge in [0.2, 0.25) is 0 Å². The van der Waals surface area contributed by atoms with E-state index in [4.69, 9.17) is 22.1 Å². The normalized spacial score (nSPS) is 12.5. The van der Waals surface area contributed by atoms with Crippen LogP contribution in [-0.4, -0.2) is 23.3 Å². The monoisotopic (exact) mass is 395 g/mol. The molecule has 0 bridgehead atoms. The van der Waals surface area contributed by atoms with Gasteiger partial charge in [0.05, 0.1) is 10.5 Å². The zero-order chi connectivity index (χ0) is 18.8. The summed E-state index contributed by atoms with van der Waals surface area (Å²) >= 11 is 7.06. The topological polar surface area (TPSA) is 125 Å². The highest BCUT2D eigenvalue weighted by molar-refractivity contribution is 7.17. The Labute approximate surface area is 157 Å². The number of aryl methyl sites for hydroxylation is 1. The number of anilines is 1. The molecule has 3 rings (SSSR count). The minimum Gasteiger partial charge on any atom is -0.477 e. The molecule has 8 nitrogen and oxygen atoms in total. The second kappa shape index (κ2) is 7.30. The van der Waals surface area contributed by atoms with Gasteiger partial charge in [-0.1, -0.05) is 11.6 Å². The van der Waals surface area contributed by atoms with Gasteiger partial charge < -0.3 is 15.8 Å². The molecule has 1 aromatic heterocycles. The molecule has 0 atom stereocenters. The Morgan fingerprint density at radius 2 is 2.15 bits per heavy atom. The summed E-state index contributed by atoms with van der Waals surface area (Å²) in [5.74, 6) is -1.20. The number of nitro groups is 1. The smallest absolute Gasteiger partial charge is 0.312 e. The maximum atomic E-state index is 12.2. The summed E-state index contributed by atoms with van der Waals surface area (Å²) in [7, 11) is 0. The van der Waals surface area contributed by atoms with E-state index in [1.54, 1.807) is 0 Å². The summed E-state index contributed by atoms with van der Waals surface area (Å²) in [6.45, 7) is -0.455. The van der Waals surface area contributed by atoms with Crippen LogP contribution in [0.2, 0.25) is 5.02 Å². The van der Waals surface area contributed by atoms with E-state index in [0.717, 1.165) is 35.8 Å². The van der Waals surface area contributed by atoms with E-state index in [1.165, 1.54) is 23.5 Å². The first-order valence-corrected chi connectivity index (χ1v) is 8.87. The second-order valence-corrected chi connectivity index (χ2v) is 7.17. The number of rotatable bonds is 6. The van der Waals surface area contributed by atoms with Crippen molar-refractivity contribution in [2.45, 2.75) is 19.3 Å². The molecule has 0 aliphatic heterocycles. The number of fused-ring (bicyclic) bond motifs is 1. The van der Waals surface area contributed by atoms with Crippen LogP contribution in [-0.2, 0) is 17.6 Å². The molecule has 0 fully saturated rings. The first-order chi connectivity index (χ1) is 12.4. The number of nitro benzene ring substituents is 1. The van der Waals surface area contributed by atoms with Crippen molar-refractivity contribution >= 4 is 45.4 Å². The Hall–Kier alpha value is -2.65. The molecule has 0 radical (unpaired) electrons. The predicted octanol–water partition coefficient (Wildman–Crippen LogP) is 2.91. The van der Waals surface area contributed by atoms with Crippen LogP contribution >= 0.6 is 22.9 Å². The molecular formula is C16H14ClN3O5S. The summed E-state index contributed by atoms with van der Waals surface area (Å²) in [5, 5.41) is 14.2. The first-order valence-electron chi connectivity index (χ1n) is 7.67. The van der Waals surface area contributed by atoms with E-state index in [2.05, 4.69) is 5.32 Å². The van der Waals surface area contributed by atoms with E-state index in [9.17, 15) is 19.7 Å². The summed E-state index contributed by atoms with van der Waals surface area (Å²) in [6.07, 6.45) is 2.57. The van der Waals surface area contributed by atoms with Crippen molar-refractivity contribution in [3.05, 3.63) is 49.3 Å². The Morgan fingerprint density at radius 1 is 1.38 bits per heavy atom. The Kier molecular flexibility index (Phi) is 5.10. The molecule has 10 heteroatoms. The number of nitrogens with two attached hydrogens (primary N) is 1. The molecule has 0 saturated carbocycles. The zero-order valence-corrected chi connectivity index (χ0v) is 15.0. The SMILES string of the molecule is NC(=O)c1c(NC(=O)COc2ccc(Cl)cc2[N+](=O)[O-])sc2c1CCC2.